The van der Waals surface area contributed by atoms with E-state index in [4.69, 9.17) is 27.9 Å². The number of alkyl halides is 1. The van der Waals surface area contributed by atoms with Crippen LogP contribution in [0.25, 0.3) is 0 Å². The van der Waals surface area contributed by atoms with Crippen molar-refractivity contribution in [1.29, 1.82) is 0 Å². The van der Waals surface area contributed by atoms with Gasteiger partial charge in [0.1, 0.15) is 5.75 Å². The minimum atomic E-state index is -3.41. The Morgan fingerprint density at radius 3 is 2.67 bits per heavy atom. The Morgan fingerprint density at radius 1 is 1.39 bits per heavy atom. The van der Waals surface area contributed by atoms with Gasteiger partial charge in [0, 0.05) is 5.88 Å². The number of halogens is 2. The van der Waals surface area contributed by atoms with Crippen LogP contribution in [-0.4, -0.2) is 26.7 Å². The van der Waals surface area contributed by atoms with Gasteiger partial charge in [-0.2, -0.15) is 0 Å². The highest BCUT2D eigenvalue weighted by molar-refractivity contribution is 7.92. The minimum Gasteiger partial charge on any atom is -0.492 e. The van der Waals surface area contributed by atoms with Crippen molar-refractivity contribution < 1.29 is 13.2 Å². The molecule has 1 N–H and O–H groups in total. The first kappa shape index (κ1) is 15.4. The number of ether oxygens (including phenoxy) is 1. The second kappa shape index (κ2) is 7.07. The molecule has 0 bridgehead atoms. The van der Waals surface area contributed by atoms with E-state index in [0.29, 0.717) is 23.1 Å². The van der Waals surface area contributed by atoms with Gasteiger partial charge in [-0.05, 0) is 24.6 Å². The third-order valence-electron chi connectivity index (χ3n) is 2.01. The Hall–Kier alpha value is -0.650. The molecule has 0 saturated heterocycles. The predicted molar refractivity (Wildman–Crippen MR) is 75.4 cm³/mol. The largest absolute Gasteiger partial charge is 0.492 e. The molecule has 7 heteroatoms. The highest BCUT2D eigenvalue weighted by Gasteiger charge is 2.10. The van der Waals surface area contributed by atoms with Gasteiger partial charge in [0.25, 0.3) is 0 Å². The molecule has 0 atom stereocenters. The molecule has 0 aliphatic rings. The second-order valence-electron chi connectivity index (χ2n) is 3.60. The number of sulfonamides is 1. The Kier molecular flexibility index (Phi) is 6.05. The lowest BCUT2D eigenvalue weighted by atomic mass is 10.3. The van der Waals surface area contributed by atoms with Gasteiger partial charge in [-0.25, -0.2) is 8.42 Å². The van der Waals surface area contributed by atoms with E-state index in [0.717, 1.165) is 6.42 Å². The lowest BCUT2D eigenvalue weighted by Crippen LogP contribution is -2.17. The number of hydrogen-bond donors (Lipinski definition) is 1. The van der Waals surface area contributed by atoms with Crippen molar-refractivity contribution in [3.05, 3.63) is 23.2 Å². The second-order valence-corrected chi connectivity index (χ2v) is 6.23. The quantitative estimate of drug-likeness (QED) is 0.787. The van der Waals surface area contributed by atoms with Crippen molar-refractivity contribution in [3.8, 4) is 5.75 Å². The summed E-state index contributed by atoms with van der Waals surface area (Å²) in [6, 6.07) is 4.75. The topological polar surface area (TPSA) is 55.4 Å². The van der Waals surface area contributed by atoms with Crippen LogP contribution in [0.4, 0.5) is 5.69 Å². The maximum atomic E-state index is 11.5. The molecule has 4 nitrogen and oxygen atoms in total. The molecule has 0 spiro atoms. The van der Waals surface area contributed by atoms with Crippen molar-refractivity contribution in [3.63, 3.8) is 0 Å². The summed E-state index contributed by atoms with van der Waals surface area (Å²) in [5.74, 6) is 0.444. The normalized spacial score (nSPS) is 11.3. The zero-order valence-electron chi connectivity index (χ0n) is 9.95. The molecule has 1 aromatic rings. The number of benzene rings is 1. The fraction of sp³-hybridized carbons (Fsp3) is 0.455. The molecule has 0 aromatic heterocycles. The summed E-state index contributed by atoms with van der Waals surface area (Å²) in [4.78, 5) is 0. The van der Waals surface area contributed by atoms with E-state index in [1.165, 1.54) is 6.07 Å². The molecular formula is C11H15Cl2NO3S. The maximum Gasteiger partial charge on any atom is 0.233 e. The Balaban J connectivity index is 2.78. The molecule has 0 aliphatic carbocycles. The van der Waals surface area contributed by atoms with E-state index < -0.39 is 10.0 Å². The van der Waals surface area contributed by atoms with Crippen LogP contribution in [0.3, 0.4) is 0 Å². The molecule has 0 radical (unpaired) electrons. The van der Waals surface area contributed by atoms with Crippen molar-refractivity contribution in [2.45, 2.75) is 13.3 Å². The summed E-state index contributed by atoms with van der Waals surface area (Å²) < 4.78 is 30.8. The van der Waals surface area contributed by atoms with Crippen molar-refractivity contribution in [2.24, 2.45) is 0 Å². The molecule has 1 rings (SSSR count). The van der Waals surface area contributed by atoms with Gasteiger partial charge < -0.3 is 4.74 Å². The smallest absolute Gasteiger partial charge is 0.233 e. The van der Waals surface area contributed by atoms with Crippen LogP contribution in [0, 0.1) is 0 Å². The summed E-state index contributed by atoms with van der Waals surface area (Å²) in [7, 11) is -3.41. The predicted octanol–water partition coefficient (Wildman–Crippen LogP) is 3.11. The fourth-order valence-electron chi connectivity index (χ4n) is 1.23. The highest BCUT2D eigenvalue weighted by atomic mass is 35.5. The first-order valence-electron chi connectivity index (χ1n) is 5.47. The van der Waals surface area contributed by atoms with E-state index in [9.17, 15) is 8.42 Å². The lowest BCUT2D eigenvalue weighted by molar-refractivity contribution is 0.317. The molecule has 18 heavy (non-hydrogen) atoms. The standard InChI is InChI=1S/C11H15Cl2NO3S/c1-2-6-17-11-4-3-9(8-10(11)13)14-18(15,16)7-5-12/h3-4,8,14H,2,5-7H2,1H3. The van der Waals surface area contributed by atoms with Crippen LogP contribution in [0.1, 0.15) is 13.3 Å². The summed E-state index contributed by atoms with van der Waals surface area (Å²) >= 11 is 11.4. The molecule has 1 aromatic carbocycles. The first-order valence-corrected chi connectivity index (χ1v) is 8.04. The van der Waals surface area contributed by atoms with Gasteiger partial charge >= 0.3 is 0 Å². The molecule has 0 amide bonds. The van der Waals surface area contributed by atoms with Crippen molar-refractivity contribution in [1.82, 2.24) is 0 Å². The highest BCUT2D eigenvalue weighted by Crippen LogP contribution is 2.28. The average molecular weight is 312 g/mol. The number of nitrogens with one attached hydrogen (secondary N) is 1. The van der Waals surface area contributed by atoms with Gasteiger partial charge in [-0.15, -0.1) is 11.6 Å². The van der Waals surface area contributed by atoms with Crippen LogP contribution >= 0.6 is 23.2 Å². The van der Waals surface area contributed by atoms with E-state index in [2.05, 4.69) is 4.72 Å². The molecule has 0 heterocycles. The van der Waals surface area contributed by atoms with E-state index in [1.807, 2.05) is 6.92 Å². The third kappa shape index (κ3) is 4.92. The molecule has 0 unspecified atom stereocenters. The Bertz CT molecular complexity index is 491. The average Bonchev–Trinajstić information content (AvgIpc) is 2.27. The number of hydrogen-bond acceptors (Lipinski definition) is 3. The van der Waals surface area contributed by atoms with E-state index in [1.54, 1.807) is 12.1 Å². The van der Waals surface area contributed by atoms with Gasteiger partial charge in [0.2, 0.25) is 10.0 Å². The van der Waals surface area contributed by atoms with Gasteiger partial charge in [0.05, 0.1) is 23.1 Å². The lowest BCUT2D eigenvalue weighted by Gasteiger charge is -2.10. The Morgan fingerprint density at radius 2 is 2.11 bits per heavy atom. The summed E-state index contributed by atoms with van der Waals surface area (Å²) in [5, 5.41) is 0.370. The maximum absolute atomic E-state index is 11.5. The fourth-order valence-corrected chi connectivity index (χ4v) is 2.86. The van der Waals surface area contributed by atoms with Crippen LogP contribution in [0.15, 0.2) is 18.2 Å². The van der Waals surface area contributed by atoms with Crippen LogP contribution < -0.4 is 9.46 Å². The van der Waals surface area contributed by atoms with Gasteiger partial charge in [-0.3, -0.25) is 4.72 Å². The number of anilines is 1. The van der Waals surface area contributed by atoms with Crippen molar-refractivity contribution in [2.75, 3.05) is 23.0 Å². The van der Waals surface area contributed by atoms with E-state index in [-0.39, 0.29) is 11.6 Å². The summed E-state index contributed by atoms with van der Waals surface area (Å²) in [5.41, 5.74) is 0.397. The van der Waals surface area contributed by atoms with Gasteiger partial charge in [-0.1, -0.05) is 18.5 Å². The molecule has 0 aliphatic heterocycles. The molecule has 0 saturated carbocycles. The monoisotopic (exact) mass is 311 g/mol. The summed E-state index contributed by atoms with van der Waals surface area (Å²) in [6.45, 7) is 2.56. The molecule has 102 valence electrons. The number of rotatable bonds is 7. The SMILES string of the molecule is CCCOc1ccc(NS(=O)(=O)CCCl)cc1Cl. The van der Waals surface area contributed by atoms with Crippen LogP contribution in [0.5, 0.6) is 5.75 Å². The molecular weight excluding hydrogens is 297 g/mol. The van der Waals surface area contributed by atoms with E-state index >= 15 is 0 Å². The van der Waals surface area contributed by atoms with Gasteiger partial charge in [0.15, 0.2) is 0 Å². The minimum absolute atomic E-state index is 0.0424. The third-order valence-corrected chi connectivity index (χ3v) is 4.01. The van der Waals surface area contributed by atoms with Crippen molar-refractivity contribution >= 4 is 38.9 Å². The van der Waals surface area contributed by atoms with Crippen LogP contribution in [-0.2, 0) is 10.0 Å². The first-order chi connectivity index (χ1) is 8.48. The zero-order valence-corrected chi connectivity index (χ0v) is 12.3. The molecule has 0 fully saturated rings. The Labute approximate surface area is 117 Å². The summed E-state index contributed by atoms with van der Waals surface area (Å²) in [6.07, 6.45) is 0.875. The van der Waals surface area contributed by atoms with Crippen LogP contribution in [0.2, 0.25) is 5.02 Å². The zero-order chi connectivity index (χ0) is 13.6.